The SMILES string of the molecule is CC(C)c1ccc2c(c1)-c1c(c(C(=O)O)nn1C)CO2. The number of benzene rings is 1. The number of fused-ring (bicyclic) bond motifs is 3. The van der Waals surface area contributed by atoms with Gasteiger partial charge in [0.1, 0.15) is 12.4 Å². The molecule has 104 valence electrons. The van der Waals surface area contributed by atoms with E-state index in [0.29, 0.717) is 11.5 Å². The summed E-state index contributed by atoms with van der Waals surface area (Å²) in [7, 11) is 1.77. The van der Waals surface area contributed by atoms with E-state index in [1.54, 1.807) is 11.7 Å². The lowest BCUT2D eigenvalue weighted by molar-refractivity contribution is 0.0686. The summed E-state index contributed by atoms with van der Waals surface area (Å²) in [5.41, 5.74) is 3.67. The number of carboxylic acid groups (broad SMARTS) is 1. The van der Waals surface area contributed by atoms with Crippen LogP contribution in [0, 0.1) is 0 Å². The van der Waals surface area contributed by atoms with Crippen LogP contribution in [-0.2, 0) is 13.7 Å². The first-order chi connectivity index (χ1) is 9.49. The Morgan fingerprint density at radius 1 is 1.45 bits per heavy atom. The molecule has 0 aliphatic carbocycles. The minimum Gasteiger partial charge on any atom is -0.488 e. The fraction of sp³-hybridized carbons (Fsp3) is 0.333. The molecule has 1 aromatic carbocycles. The van der Waals surface area contributed by atoms with Crippen LogP contribution in [0.1, 0.15) is 41.4 Å². The molecular weight excluding hydrogens is 256 g/mol. The molecule has 1 aromatic heterocycles. The van der Waals surface area contributed by atoms with Crippen molar-refractivity contribution >= 4 is 5.97 Å². The average molecular weight is 272 g/mol. The molecule has 1 aliphatic rings. The Morgan fingerprint density at radius 2 is 2.20 bits per heavy atom. The van der Waals surface area contributed by atoms with Gasteiger partial charge in [-0.1, -0.05) is 19.9 Å². The minimum absolute atomic E-state index is 0.0723. The summed E-state index contributed by atoms with van der Waals surface area (Å²) < 4.78 is 7.30. The van der Waals surface area contributed by atoms with Crippen LogP contribution in [0.5, 0.6) is 5.75 Å². The van der Waals surface area contributed by atoms with Crippen molar-refractivity contribution < 1.29 is 14.6 Å². The van der Waals surface area contributed by atoms with Crippen LogP contribution in [-0.4, -0.2) is 20.9 Å². The molecule has 2 aromatic rings. The summed E-state index contributed by atoms with van der Waals surface area (Å²) in [5, 5.41) is 13.3. The van der Waals surface area contributed by atoms with E-state index in [4.69, 9.17) is 4.74 Å². The zero-order valence-corrected chi connectivity index (χ0v) is 11.7. The van der Waals surface area contributed by atoms with E-state index < -0.39 is 5.97 Å². The Hall–Kier alpha value is -2.30. The number of rotatable bonds is 2. The van der Waals surface area contributed by atoms with Gasteiger partial charge in [0.05, 0.1) is 11.3 Å². The Bertz CT molecular complexity index is 701. The molecule has 5 heteroatoms. The molecular formula is C15H16N2O3. The molecule has 0 atom stereocenters. The van der Waals surface area contributed by atoms with E-state index in [2.05, 4.69) is 25.0 Å². The quantitative estimate of drug-likeness (QED) is 0.913. The molecule has 0 spiro atoms. The maximum Gasteiger partial charge on any atom is 0.356 e. The van der Waals surface area contributed by atoms with Crippen LogP contribution < -0.4 is 4.74 Å². The van der Waals surface area contributed by atoms with Crippen LogP contribution in [0.15, 0.2) is 18.2 Å². The van der Waals surface area contributed by atoms with Crippen LogP contribution >= 0.6 is 0 Å². The highest BCUT2D eigenvalue weighted by molar-refractivity contribution is 5.90. The van der Waals surface area contributed by atoms with E-state index in [1.807, 2.05) is 12.1 Å². The molecule has 1 aliphatic heterocycles. The van der Waals surface area contributed by atoms with E-state index in [-0.39, 0.29) is 12.3 Å². The van der Waals surface area contributed by atoms with Crippen LogP contribution in [0.3, 0.4) is 0 Å². The van der Waals surface area contributed by atoms with Gasteiger partial charge >= 0.3 is 5.97 Å². The molecule has 1 N–H and O–H groups in total. The largest absolute Gasteiger partial charge is 0.488 e. The normalized spacial score (nSPS) is 12.8. The lowest BCUT2D eigenvalue weighted by Crippen LogP contribution is -2.09. The summed E-state index contributed by atoms with van der Waals surface area (Å²) in [6.45, 7) is 4.50. The van der Waals surface area contributed by atoms with Crippen molar-refractivity contribution in [3.63, 3.8) is 0 Å². The van der Waals surface area contributed by atoms with Crippen LogP contribution in [0.2, 0.25) is 0 Å². The number of nitrogens with zero attached hydrogens (tertiary/aromatic N) is 2. The molecule has 0 amide bonds. The van der Waals surface area contributed by atoms with Gasteiger partial charge in [-0.05, 0) is 23.6 Å². The number of hydrogen-bond donors (Lipinski definition) is 1. The third-order valence-electron chi connectivity index (χ3n) is 3.65. The number of carboxylic acids is 1. The highest BCUT2D eigenvalue weighted by atomic mass is 16.5. The predicted molar refractivity (Wildman–Crippen MR) is 74.0 cm³/mol. The number of ether oxygens (including phenoxy) is 1. The third kappa shape index (κ3) is 1.78. The Morgan fingerprint density at radius 3 is 2.85 bits per heavy atom. The van der Waals surface area contributed by atoms with Gasteiger partial charge in [0.2, 0.25) is 0 Å². The molecule has 0 bridgehead atoms. The summed E-state index contributed by atoms with van der Waals surface area (Å²) in [6, 6.07) is 6.05. The molecule has 3 rings (SSSR count). The Balaban J connectivity index is 2.24. The van der Waals surface area contributed by atoms with Gasteiger partial charge in [-0.15, -0.1) is 0 Å². The topological polar surface area (TPSA) is 64.3 Å². The zero-order chi connectivity index (χ0) is 14.4. The summed E-state index contributed by atoms with van der Waals surface area (Å²) in [6.07, 6.45) is 0. The smallest absolute Gasteiger partial charge is 0.356 e. The Labute approximate surface area is 116 Å². The maximum atomic E-state index is 11.2. The van der Waals surface area contributed by atoms with Gasteiger partial charge in [-0.3, -0.25) is 4.68 Å². The summed E-state index contributed by atoms with van der Waals surface area (Å²) in [5.74, 6) is 0.161. The first-order valence-electron chi connectivity index (χ1n) is 6.55. The third-order valence-corrected chi connectivity index (χ3v) is 3.65. The molecule has 0 saturated carbocycles. The number of carbonyl (C=O) groups is 1. The second kappa shape index (κ2) is 4.37. The van der Waals surface area contributed by atoms with E-state index in [0.717, 1.165) is 17.0 Å². The highest BCUT2D eigenvalue weighted by Crippen LogP contribution is 2.40. The van der Waals surface area contributed by atoms with Crippen molar-refractivity contribution in [3.8, 4) is 17.0 Å². The second-order valence-corrected chi connectivity index (χ2v) is 5.30. The lowest BCUT2D eigenvalue weighted by atomic mass is 9.96. The fourth-order valence-corrected chi connectivity index (χ4v) is 2.58. The van der Waals surface area contributed by atoms with Gasteiger partial charge in [0.15, 0.2) is 5.69 Å². The lowest BCUT2D eigenvalue weighted by Gasteiger charge is -2.20. The molecule has 0 saturated heterocycles. The Kier molecular flexibility index (Phi) is 2.78. The number of aromatic carboxylic acids is 1. The van der Waals surface area contributed by atoms with E-state index in [1.165, 1.54) is 5.56 Å². The van der Waals surface area contributed by atoms with E-state index in [9.17, 15) is 9.90 Å². The second-order valence-electron chi connectivity index (χ2n) is 5.30. The van der Waals surface area contributed by atoms with Crippen LogP contribution in [0.4, 0.5) is 0 Å². The summed E-state index contributed by atoms with van der Waals surface area (Å²) >= 11 is 0. The number of aryl methyl sites for hydroxylation is 1. The molecule has 20 heavy (non-hydrogen) atoms. The zero-order valence-electron chi connectivity index (χ0n) is 11.7. The fourth-order valence-electron chi connectivity index (χ4n) is 2.58. The van der Waals surface area contributed by atoms with Crippen molar-refractivity contribution in [1.82, 2.24) is 9.78 Å². The standard InChI is InChI=1S/C15H16N2O3/c1-8(2)9-4-5-12-10(6-9)14-11(7-20-12)13(15(18)19)16-17(14)3/h4-6,8H,7H2,1-3H3,(H,18,19). The molecule has 0 unspecified atom stereocenters. The van der Waals surface area contributed by atoms with Crippen molar-refractivity contribution in [2.24, 2.45) is 7.05 Å². The summed E-state index contributed by atoms with van der Waals surface area (Å²) in [4.78, 5) is 11.2. The first kappa shape index (κ1) is 12.7. The molecule has 5 nitrogen and oxygen atoms in total. The van der Waals surface area contributed by atoms with Gasteiger partial charge in [0, 0.05) is 12.6 Å². The number of hydrogen-bond acceptors (Lipinski definition) is 3. The van der Waals surface area contributed by atoms with E-state index >= 15 is 0 Å². The van der Waals surface area contributed by atoms with Gasteiger partial charge in [-0.2, -0.15) is 5.10 Å². The van der Waals surface area contributed by atoms with Gasteiger partial charge in [0.25, 0.3) is 0 Å². The van der Waals surface area contributed by atoms with Crippen molar-refractivity contribution in [3.05, 3.63) is 35.0 Å². The van der Waals surface area contributed by atoms with Crippen molar-refractivity contribution in [2.75, 3.05) is 0 Å². The number of aromatic nitrogens is 2. The minimum atomic E-state index is -1.02. The van der Waals surface area contributed by atoms with Crippen LogP contribution in [0.25, 0.3) is 11.3 Å². The first-order valence-corrected chi connectivity index (χ1v) is 6.55. The highest BCUT2D eigenvalue weighted by Gasteiger charge is 2.28. The van der Waals surface area contributed by atoms with Gasteiger partial charge in [-0.25, -0.2) is 4.79 Å². The average Bonchev–Trinajstić information content (AvgIpc) is 2.76. The maximum absolute atomic E-state index is 11.2. The van der Waals surface area contributed by atoms with Crippen molar-refractivity contribution in [2.45, 2.75) is 26.4 Å². The molecule has 2 heterocycles. The van der Waals surface area contributed by atoms with Gasteiger partial charge < -0.3 is 9.84 Å². The monoisotopic (exact) mass is 272 g/mol. The molecule has 0 fully saturated rings. The molecule has 0 radical (unpaired) electrons. The predicted octanol–water partition coefficient (Wildman–Crippen LogP) is 2.80. The van der Waals surface area contributed by atoms with Crippen molar-refractivity contribution in [1.29, 1.82) is 0 Å².